The van der Waals surface area contributed by atoms with Crippen LogP contribution in [0.2, 0.25) is 0 Å². The highest BCUT2D eigenvalue weighted by molar-refractivity contribution is 6.06. The Morgan fingerprint density at radius 1 is 0.512 bits per heavy atom. The lowest BCUT2D eigenvalue weighted by atomic mass is 9.69. The molecule has 0 fully saturated rings. The Labute approximate surface area is 261 Å². The molecule has 1 aromatic heterocycles. The van der Waals surface area contributed by atoms with Crippen molar-refractivity contribution < 1.29 is 15.4 Å². The Hall–Kier alpha value is -5.40. The molecule has 0 radical (unpaired) electrons. The van der Waals surface area contributed by atoms with Gasteiger partial charge in [0, 0.05) is 22.6 Å². The van der Waals surface area contributed by atoms with Crippen LogP contribution in [-0.4, -0.2) is 0 Å². The number of para-hydroxylation sites is 1. The van der Waals surface area contributed by atoms with Crippen molar-refractivity contribution in [3.8, 4) is 11.1 Å². The van der Waals surface area contributed by atoms with E-state index in [4.69, 9.17) is 9.90 Å². The van der Waals surface area contributed by atoms with E-state index in [9.17, 15) is 5.48 Å². The summed E-state index contributed by atoms with van der Waals surface area (Å²) in [6.45, 7) is 0. The van der Waals surface area contributed by atoms with E-state index in [-0.39, 0.29) is 46.7 Å². The van der Waals surface area contributed by atoms with Crippen molar-refractivity contribution in [3.63, 3.8) is 0 Å². The van der Waals surface area contributed by atoms with E-state index in [0.29, 0.717) is 22.3 Å². The Balaban J connectivity index is 1.42. The Morgan fingerprint density at radius 2 is 1.16 bits per heavy atom. The summed E-state index contributed by atoms with van der Waals surface area (Å²) < 4.78 is 78.5. The van der Waals surface area contributed by atoms with Gasteiger partial charge in [0.25, 0.3) is 0 Å². The van der Waals surface area contributed by atoms with Crippen molar-refractivity contribution in [2.24, 2.45) is 11.8 Å². The first-order chi connectivity index (χ1) is 24.7. The van der Waals surface area contributed by atoms with Crippen LogP contribution in [0.15, 0.2) is 162 Å². The molecule has 2 aliphatic rings. The second kappa shape index (κ2) is 9.58. The monoisotopic (exact) mass is 556 g/mol. The molecule has 0 saturated carbocycles. The normalized spacial score (nSPS) is 21.0. The number of hydrogen-bond donors (Lipinski definition) is 0. The fraction of sp³-hybridized carbons (Fsp3) is 0.0476. The van der Waals surface area contributed by atoms with Crippen LogP contribution in [0.3, 0.4) is 0 Å². The van der Waals surface area contributed by atoms with Gasteiger partial charge in [0.2, 0.25) is 0 Å². The molecule has 0 N–H and O–H groups in total. The van der Waals surface area contributed by atoms with Gasteiger partial charge in [0.1, 0.15) is 11.2 Å². The average Bonchev–Trinajstić information content (AvgIpc) is 3.54. The molecule has 0 bridgehead atoms. The van der Waals surface area contributed by atoms with Crippen molar-refractivity contribution >= 4 is 43.9 Å². The van der Waals surface area contributed by atoms with Crippen molar-refractivity contribution in [1.29, 1.82) is 0 Å². The Bertz CT molecular complexity index is 2860. The molecule has 0 spiro atoms. The quantitative estimate of drug-likeness (QED) is 0.211. The van der Waals surface area contributed by atoms with Crippen LogP contribution in [0, 0.1) is 11.8 Å². The third-order valence-electron chi connectivity index (χ3n) is 8.66. The van der Waals surface area contributed by atoms with E-state index in [0.717, 1.165) is 43.8 Å². The smallest absolute Gasteiger partial charge is 0.135 e. The van der Waals surface area contributed by atoms with E-state index in [1.54, 1.807) is 0 Å². The number of rotatable bonds is 3. The molecule has 43 heavy (non-hydrogen) atoms. The summed E-state index contributed by atoms with van der Waals surface area (Å²) in [4.78, 5) is 0. The van der Waals surface area contributed by atoms with E-state index in [1.165, 1.54) is 0 Å². The lowest BCUT2D eigenvalue weighted by Crippen LogP contribution is -2.40. The van der Waals surface area contributed by atoms with Gasteiger partial charge in [0.05, 0.1) is 11.0 Å². The average molecular weight is 557 g/mol. The third-order valence-corrected chi connectivity index (χ3v) is 8.66. The molecule has 202 valence electrons. The molecular weight excluding hydrogens is 520 g/mol. The summed E-state index contributed by atoms with van der Waals surface area (Å²) in [7, 11) is 0. The van der Waals surface area contributed by atoms with Crippen LogP contribution in [0.25, 0.3) is 55.0 Å². The zero-order valence-electron chi connectivity index (χ0n) is 31.0. The largest absolute Gasteiger partial charge is 0.456 e. The minimum absolute atomic E-state index is 0.159. The fourth-order valence-corrected chi connectivity index (χ4v) is 6.76. The number of benzene rings is 6. The molecule has 2 unspecified atom stereocenters. The van der Waals surface area contributed by atoms with Gasteiger partial charge in [-0.25, -0.2) is 0 Å². The second-order valence-electron chi connectivity index (χ2n) is 11.0. The molecule has 0 amide bonds. The zero-order chi connectivity index (χ0) is 35.3. The summed E-state index contributed by atoms with van der Waals surface area (Å²) in [6, 6.07) is 32.5. The van der Waals surface area contributed by atoms with Gasteiger partial charge >= 0.3 is 0 Å². The Morgan fingerprint density at radius 3 is 2.05 bits per heavy atom. The summed E-state index contributed by atoms with van der Waals surface area (Å²) >= 11 is 0. The predicted octanol–water partition coefficient (Wildman–Crippen LogP) is 9.18. The molecule has 1 nitrogen and oxygen atoms in total. The second-order valence-corrected chi connectivity index (χ2v) is 11.0. The molecule has 0 saturated heterocycles. The van der Waals surface area contributed by atoms with E-state index < -0.39 is 23.9 Å². The van der Waals surface area contributed by atoms with Gasteiger partial charge in [-0.15, -0.1) is 0 Å². The molecule has 1 heterocycles. The first-order valence-corrected chi connectivity index (χ1v) is 14.4. The number of fused-ring (bicyclic) bond motifs is 6. The number of allylic oxidation sites excluding steroid dienone is 4. The lowest BCUT2D eigenvalue weighted by Gasteiger charge is -2.34. The first-order valence-electron chi connectivity index (χ1n) is 18.4. The van der Waals surface area contributed by atoms with Gasteiger partial charge in [-0.2, -0.15) is 0 Å². The van der Waals surface area contributed by atoms with Crippen molar-refractivity contribution in [1.82, 2.24) is 0 Å². The summed E-state index contributed by atoms with van der Waals surface area (Å²) in [6.07, 6.45) is 0. The van der Waals surface area contributed by atoms with Crippen LogP contribution in [-0.2, 0) is 0 Å². The Kier molecular flexibility index (Phi) is 3.90. The topological polar surface area (TPSA) is 13.1 Å². The van der Waals surface area contributed by atoms with Crippen LogP contribution in [0.1, 0.15) is 22.1 Å². The molecule has 6 aromatic carbocycles. The van der Waals surface area contributed by atoms with Gasteiger partial charge in [-0.3, -0.25) is 0 Å². The van der Waals surface area contributed by atoms with Gasteiger partial charge in [-0.05, 0) is 78.9 Å². The highest BCUT2D eigenvalue weighted by Gasteiger charge is 2.32. The fourth-order valence-electron chi connectivity index (χ4n) is 6.76. The van der Waals surface area contributed by atoms with Crippen LogP contribution in [0.4, 0.5) is 0 Å². The molecule has 9 rings (SSSR count). The van der Waals surface area contributed by atoms with Gasteiger partial charge in [0.15, 0.2) is 0 Å². The third kappa shape index (κ3) is 3.78. The SMILES string of the molecule is [2H]C1=C([2H])C2C(c3cccc(-c4ccc5oc6ccccc6c5c4)c3)=c3c([2H])c([2H])c([2H])c([2H])c3=C(c3cccc4ccccc34)C2C([2H])=C1[2H]. The van der Waals surface area contributed by atoms with Gasteiger partial charge in [-0.1, -0.05) is 133 Å². The van der Waals surface area contributed by atoms with Crippen LogP contribution < -0.4 is 10.4 Å². The van der Waals surface area contributed by atoms with Crippen molar-refractivity contribution in [2.45, 2.75) is 0 Å². The number of furan rings is 1. The minimum Gasteiger partial charge on any atom is -0.456 e. The summed E-state index contributed by atoms with van der Waals surface area (Å²) in [5.41, 5.74) is 5.48. The maximum absolute atomic E-state index is 9.36. The summed E-state index contributed by atoms with van der Waals surface area (Å²) in [5, 5.41) is 4.19. The standard InChI is InChI=1S/C42H28O/c1-2-15-31-27(11-1)12-10-21-33(31)42-36-19-5-3-17-34(36)41(35-18-4-6-20-37(35)42)30-14-9-13-28(25-30)29-23-24-40-38(26-29)32-16-7-8-22-39(32)43-40/h1-26,34,36H/i3D,4D,5D,6D,17D,18D,19D,20D. The molecule has 1 heteroatoms. The predicted molar refractivity (Wildman–Crippen MR) is 179 cm³/mol. The molecule has 2 aliphatic carbocycles. The molecule has 2 atom stereocenters. The summed E-state index contributed by atoms with van der Waals surface area (Å²) in [5.74, 6) is -1.92. The minimum atomic E-state index is -0.962. The highest BCUT2D eigenvalue weighted by Crippen LogP contribution is 2.42. The van der Waals surface area contributed by atoms with Crippen molar-refractivity contribution in [2.75, 3.05) is 0 Å². The zero-order valence-corrected chi connectivity index (χ0v) is 23.0. The molecule has 0 aliphatic heterocycles. The van der Waals surface area contributed by atoms with E-state index in [1.807, 2.05) is 103 Å². The van der Waals surface area contributed by atoms with Gasteiger partial charge < -0.3 is 4.42 Å². The first kappa shape index (κ1) is 17.5. The van der Waals surface area contributed by atoms with Crippen LogP contribution >= 0.6 is 0 Å². The lowest BCUT2D eigenvalue weighted by molar-refractivity contribution is 0.669. The molecule has 7 aromatic rings. The number of hydrogen-bond acceptors (Lipinski definition) is 1. The van der Waals surface area contributed by atoms with Crippen LogP contribution in [0.5, 0.6) is 0 Å². The maximum atomic E-state index is 9.36. The van der Waals surface area contributed by atoms with E-state index in [2.05, 4.69) is 6.07 Å². The highest BCUT2D eigenvalue weighted by atomic mass is 16.3. The van der Waals surface area contributed by atoms with E-state index >= 15 is 0 Å². The van der Waals surface area contributed by atoms with Crippen molar-refractivity contribution in [3.05, 3.63) is 179 Å². The molecular formula is C42H28O. The maximum Gasteiger partial charge on any atom is 0.135 e.